The number of anilines is 1. The Labute approximate surface area is 224 Å². The molecule has 40 heavy (non-hydrogen) atoms. The Hall–Kier alpha value is -3.60. The number of hydrogen-bond donors (Lipinski definition) is 2. The Kier molecular flexibility index (Phi) is 10.0. The van der Waals surface area contributed by atoms with Crippen molar-refractivity contribution >= 4 is 27.6 Å². The standard InChI is InChI=1S/C19H23N3O3S.2C2HF3O2/c1-21-17-8-4-3-7-16(17)19(26(21,23)24)9-12-22(13-10-19)14-15-6-5-11-20-18(15)25-2;2*3-2(4,5)1(6)7/h3-8,11H,9-10,12-14H2,1-2H3;2*(H,6,7). The molecular formula is C23H25F6N3O7S. The molecule has 17 heteroatoms. The monoisotopic (exact) mass is 601 g/mol. The van der Waals surface area contributed by atoms with Crippen LogP contribution in [0.5, 0.6) is 5.88 Å². The van der Waals surface area contributed by atoms with Crippen LogP contribution in [0.2, 0.25) is 0 Å². The molecular weight excluding hydrogens is 576 g/mol. The number of sulfonamides is 1. The summed E-state index contributed by atoms with van der Waals surface area (Å²) in [6, 6.07) is 11.6. The van der Waals surface area contributed by atoms with E-state index in [2.05, 4.69) is 9.88 Å². The summed E-state index contributed by atoms with van der Waals surface area (Å²) in [6.45, 7) is 2.16. The number of carboxylic acid groups (broad SMARTS) is 2. The third-order valence-electron chi connectivity index (χ3n) is 6.17. The molecule has 2 aliphatic heterocycles. The Balaban J connectivity index is 0.000000333. The summed E-state index contributed by atoms with van der Waals surface area (Å²) < 4.78 is 95.8. The lowest BCUT2D eigenvalue weighted by atomic mass is 9.87. The van der Waals surface area contributed by atoms with Gasteiger partial charge < -0.3 is 14.9 Å². The highest BCUT2D eigenvalue weighted by atomic mass is 32.2. The topological polar surface area (TPSA) is 137 Å². The molecule has 1 spiro atoms. The summed E-state index contributed by atoms with van der Waals surface area (Å²) >= 11 is 0. The fourth-order valence-electron chi connectivity index (χ4n) is 4.23. The van der Waals surface area contributed by atoms with Crippen LogP contribution in [0.15, 0.2) is 42.6 Å². The van der Waals surface area contributed by atoms with Crippen molar-refractivity contribution in [1.29, 1.82) is 0 Å². The van der Waals surface area contributed by atoms with Gasteiger partial charge in [0.15, 0.2) is 0 Å². The van der Waals surface area contributed by atoms with Crippen LogP contribution in [-0.2, 0) is 30.9 Å². The second-order valence-corrected chi connectivity index (χ2v) is 10.8. The quantitative estimate of drug-likeness (QED) is 0.506. The second-order valence-electron chi connectivity index (χ2n) is 8.54. The van der Waals surface area contributed by atoms with Gasteiger partial charge in [0.25, 0.3) is 0 Å². The minimum atomic E-state index is -5.08. The van der Waals surface area contributed by atoms with Crippen molar-refractivity contribution in [1.82, 2.24) is 9.88 Å². The van der Waals surface area contributed by atoms with Gasteiger partial charge in [0.2, 0.25) is 15.9 Å². The number of aromatic nitrogens is 1. The zero-order valence-electron chi connectivity index (χ0n) is 21.0. The zero-order chi connectivity index (χ0) is 30.5. The van der Waals surface area contributed by atoms with Crippen molar-refractivity contribution in [3.05, 3.63) is 53.7 Å². The molecule has 3 heterocycles. The van der Waals surface area contributed by atoms with Gasteiger partial charge in [0, 0.05) is 38.4 Å². The van der Waals surface area contributed by atoms with Crippen molar-refractivity contribution in [2.24, 2.45) is 0 Å². The maximum absolute atomic E-state index is 13.2. The van der Waals surface area contributed by atoms with Crippen LogP contribution in [0.25, 0.3) is 0 Å². The summed E-state index contributed by atoms with van der Waals surface area (Å²) in [5.41, 5.74) is 2.79. The molecule has 1 aromatic carbocycles. The molecule has 222 valence electrons. The summed E-state index contributed by atoms with van der Waals surface area (Å²) in [6.07, 6.45) is -7.26. The Bertz CT molecular complexity index is 1290. The number of alkyl halides is 6. The predicted octanol–water partition coefficient (Wildman–Crippen LogP) is 3.63. The number of hydrogen-bond acceptors (Lipinski definition) is 7. The number of ether oxygens (including phenoxy) is 1. The van der Waals surface area contributed by atoms with Gasteiger partial charge >= 0.3 is 24.3 Å². The number of likely N-dealkylation sites (tertiary alicyclic amines) is 1. The van der Waals surface area contributed by atoms with E-state index in [1.807, 2.05) is 36.4 Å². The van der Waals surface area contributed by atoms with Crippen LogP contribution in [0.1, 0.15) is 24.0 Å². The van der Waals surface area contributed by atoms with Crippen LogP contribution in [0, 0.1) is 0 Å². The van der Waals surface area contributed by atoms with Gasteiger partial charge in [-0.1, -0.05) is 24.3 Å². The Morgan fingerprint density at radius 2 is 1.48 bits per heavy atom. The lowest BCUT2D eigenvalue weighted by Crippen LogP contribution is -2.47. The smallest absolute Gasteiger partial charge is 0.481 e. The molecule has 1 saturated heterocycles. The van der Waals surface area contributed by atoms with Gasteiger partial charge in [-0.05, 0) is 30.5 Å². The molecule has 0 bridgehead atoms. The first-order valence-corrected chi connectivity index (χ1v) is 12.7. The highest BCUT2D eigenvalue weighted by Crippen LogP contribution is 2.52. The molecule has 1 aromatic heterocycles. The molecule has 4 rings (SSSR count). The van der Waals surface area contributed by atoms with Crippen molar-refractivity contribution in [2.75, 3.05) is 31.6 Å². The van der Waals surface area contributed by atoms with Gasteiger partial charge in [-0.15, -0.1) is 0 Å². The van der Waals surface area contributed by atoms with Gasteiger partial charge in [0.05, 0.1) is 12.8 Å². The second kappa shape index (κ2) is 12.3. The normalized spacial score (nSPS) is 17.6. The van der Waals surface area contributed by atoms with E-state index in [1.165, 1.54) is 4.31 Å². The SMILES string of the molecule is COc1ncccc1CN1CCC2(CC1)c1ccccc1N(C)S2(=O)=O.O=C(O)C(F)(F)F.O=C(O)C(F)(F)F. The molecule has 10 nitrogen and oxygen atoms in total. The molecule has 1 fully saturated rings. The van der Waals surface area contributed by atoms with Crippen LogP contribution < -0.4 is 9.04 Å². The predicted molar refractivity (Wildman–Crippen MR) is 128 cm³/mol. The molecule has 2 N–H and O–H groups in total. The van der Waals surface area contributed by atoms with E-state index in [0.29, 0.717) is 25.3 Å². The van der Waals surface area contributed by atoms with E-state index < -0.39 is 39.1 Å². The third-order valence-corrected chi connectivity index (χ3v) is 8.71. The van der Waals surface area contributed by atoms with E-state index in [4.69, 9.17) is 24.5 Å². The van der Waals surface area contributed by atoms with Crippen molar-refractivity contribution in [2.45, 2.75) is 36.5 Å². The first kappa shape index (κ1) is 32.6. The maximum atomic E-state index is 13.2. The highest BCUT2D eigenvalue weighted by molar-refractivity contribution is 7.94. The van der Waals surface area contributed by atoms with Gasteiger partial charge in [-0.25, -0.2) is 23.0 Å². The number of methoxy groups -OCH3 is 1. The number of rotatable bonds is 3. The number of pyridine rings is 1. The number of benzene rings is 1. The maximum Gasteiger partial charge on any atom is 0.490 e. The molecule has 0 saturated carbocycles. The van der Waals surface area contributed by atoms with Gasteiger partial charge in [-0.2, -0.15) is 26.3 Å². The number of aliphatic carboxylic acids is 2. The third kappa shape index (κ3) is 7.12. The lowest BCUT2D eigenvalue weighted by molar-refractivity contribution is -0.193. The van der Waals surface area contributed by atoms with E-state index in [1.54, 1.807) is 20.4 Å². The molecule has 2 aromatic rings. The summed E-state index contributed by atoms with van der Waals surface area (Å²) in [4.78, 5) is 24.3. The molecule has 2 aliphatic rings. The molecule has 0 amide bonds. The van der Waals surface area contributed by atoms with Gasteiger partial charge in [-0.3, -0.25) is 9.21 Å². The summed E-state index contributed by atoms with van der Waals surface area (Å²) in [7, 11) is -0.105. The number of carboxylic acids is 2. The highest BCUT2D eigenvalue weighted by Gasteiger charge is 2.55. The van der Waals surface area contributed by atoms with Crippen molar-refractivity contribution in [3.8, 4) is 5.88 Å². The number of carbonyl (C=O) groups is 2. The summed E-state index contributed by atoms with van der Waals surface area (Å²) in [5.74, 6) is -4.88. The van der Waals surface area contributed by atoms with Crippen LogP contribution in [0.4, 0.5) is 32.0 Å². The largest absolute Gasteiger partial charge is 0.490 e. The van der Waals surface area contributed by atoms with E-state index in [0.717, 1.165) is 29.9 Å². The molecule has 0 atom stereocenters. The average Bonchev–Trinajstić information content (AvgIpc) is 3.03. The number of piperidine rings is 1. The lowest BCUT2D eigenvalue weighted by Gasteiger charge is -2.38. The zero-order valence-corrected chi connectivity index (χ0v) is 21.8. The molecule has 0 radical (unpaired) electrons. The number of halogens is 6. The van der Waals surface area contributed by atoms with Gasteiger partial charge in [0.1, 0.15) is 4.75 Å². The molecule has 0 unspecified atom stereocenters. The van der Waals surface area contributed by atoms with Crippen LogP contribution in [0.3, 0.4) is 0 Å². The minimum absolute atomic E-state index is 0.596. The first-order valence-electron chi connectivity index (χ1n) is 11.3. The van der Waals surface area contributed by atoms with E-state index in [-0.39, 0.29) is 0 Å². The number of fused-ring (bicyclic) bond motifs is 2. The van der Waals surface area contributed by atoms with Crippen molar-refractivity contribution in [3.63, 3.8) is 0 Å². The van der Waals surface area contributed by atoms with E-state index in [9.17, 15) is 34.8 Å². The van der Waals surface area contributed by atoms with Crippen molar-refractivity contribution < 1.29 is 59.3 Å². The number of para-hydroxylation sites is 1. The molecule has 0 aliphatic carbocycles. The van der Waals surface area contributed by atoms with E-state index >= 15 is 0 Å². The Morgan fingerprint density at radius 1 is 0.975 bits per heavy atom. The fourth-order valence-corrected chi connectivity index (χ4v) is 6.32. The minimum Gasteiger partial charge on any atom is -0.481 e. The van der Waals surface area contributed by atoms with Crippen LogP contribution >= 0.6 is 0 Å². The average molecular weight is 602 g/mol. The Morgan fingerprint density at radius 3 is 1.95 bits per heavy atom. The van der Waals surface area contributed by atoms with Crippen LogP contribution in [-0.4, -0.2) is 80.1 Å². The fraction of sp³-hybridized carbons (Fsp3) is 0.435. The number of nitrogens with zero attached hydrogens (tertiary/aromatic N) is 3. The summed E-state index contributed by atoms with van der Waals surface area (Å²) in [5, 5.41) is 14.2. The first-order chi connectivity index (χ1) is 18.4.